The first-order chi connectivity index (χ1) is 8.08. The van der Waals surface area contributed by atoms with Crippen LogP contribution in [0.15, 0.2) is 27.1 Å². The van der Waals surface area contributed by atoms with Crippen molar-refractivity contribution in [2.75, 3.05) is 18.4 Å². The van der Waals surface area contributed by atoms with Gasteiger partial charge in [-0.25, -0.2) is 0 Å². The molecule has 2 rings (SSSR count). The molecule has 0 aromatic heterocycles. The maximum Gasteiger partial charge on any atom is 0.229 e. The molecule has 1 saturated heterocycles. The van der Waals surface area contributed by atoms with Crippen LogP contribution in [-0.4, -0.2) is 19.0 Å². The third-order valence-corrected chi connectivity index (χ3v) is 4.23. The zero-order chi connectivity index (χ0) is 12.4. The van der Waals surface area contributed by atoms with Gasteiger partial charge in [-0.2, -0.15) is 0 Å². The Bertz CT molecular complexity index is 437. The van der Waals surface area contributed by atoms with Gasteiger partial charge in [0.05, 0.1) is 11.6 Å². The van der Waals surface area contributed by atoms with Gasteiger partial charge in [0.15, 0.2) is 0 Å². The van der Waals surface area contributed by atoms with E-state index in [0.717, 1.165) is 27.7 Å². The summed E-state index contributed by atoms with van der Waals surface area (Å²) in [5, 5.41) is 6.20. The van der Waals surface area contributed by atoms with Gasteiger partial charge in [-0.3, -0.25) is 4.79 Å². The summed E-state index contributed by atoms with van der Waals surface area (Å²) in [5.74, 6) is 0.531. The Hall–Kier alpha value is -0.390. The van der Waals surface area contributed by atoms with E-state index in [1.807, 2.05) is 18.2 Å². The minimum atomic E-state index is 0.0564. The molecule has 5 heteroatoms. The maximum absolute atomic E-state index is 12.1. The van der Waals surface area contributed by atoms with Gasteiger partial charge in [0.1, 0.15) is 0 Å². The van der Waals surface area contributed by atoms with Crippen LogP contribution in [0.4, 0.5) is 5.69 Å². The summed E-state index contributed by atoms with van der Waals surface area (Å²) in [6.07, 6.45) is 0. The normalized spacial score (nSPS) is 23.7. The van der Waals surface area contributed by atoms with Crippen molar-refractivity contribution in [1.29, 1.82) is 0 Å². The summed E-state index contributed by atoms with van der Waals surface area (Å²) < 4.78 is 1.85. The predicted octanol–water partition coefficient (Wildman–Crippen LogP) is 3.01. The second kappa shape index (κ2) is 5.50. The molecule has 17 heavy (non-hydrogen) atoms. The molecule has 0 unspecified atom stereocenters. The molecular formula is C12H14Br2N2O. The first-order valence-corrected chi connectivity index (χ1v) is 7.13. The fraction of sp³-hybridized carbons (Fsp3) is 0.417. The number of carbonyl (C=O) groups is 1. The standard InChI is InChI=1S/C12H14Br2N2O/c1-7-5-15-6-9(7)12(17)16-11-4-8(13)2-3-10(11)14/h2-4,7,9,15H,5-6H2,1H3,(H,16,17)/t7-,9-/m1/s1. The maximum atomic E-state index is 12.1. The Morgan fingerprint density at radius 2 is 2.18 bits per heavy atom. The Kier molecular flexibility index (Phi) is 4.22. The lowest BCUT2D eigenvalue weighted by molar-refractivity contribution is -0.120. The zero-order valence-electron chi connectivity index (χ0n) is 9.47. The van der Waals surface area contributed by atoms with Gasteiger partial charge in [-0.05, 0) is 46.6 Å². The molecule has 2 N–H and O–H groups in total. The van der Waals surface area contributed by atoms with E-state index in [2.05, 4.69) is 49.4 Å². The van der Waals surface area contributed by atoms with Gasteiger partial charge < -0.3 is 10.6 Å². The molecule has 1 aromatic rings. The third-order valence-electron chi connectivity index (χ3n) is 3.04. The number of rotatable bonds is 2. The molecule has 92 valence electrons. The number of nitrogens with one attached hydrogen (secondary N) is 2. The molecule has 0 spiro atoms. The van der Waals surface area contributed by atoms with Gasteiger partial charge in [-0.1, -0.05) is 22.9 Å². The monoisotopic (exact) mass is 360 g/mol. The largest absolute Gasteiger partial charge is 0.325 e. The Labute approximate surface area is 118 Å². The fourth-order valence-corrected chi connectivity index (χ4v) is 2.69. The lowest BCUT2D eigenvalue weighted by Gasteiger charge is -2.15. The zero-order valence-corrected chi connectivity index (χ0v) is 12.6. The van der Waals surface area contributed by atoms with Crippen LogP contribution in [0.2, 0.25) is 0 Å². The lowest BCUT2D eigenvalue weighted by Crippen LogP contribution is -2.27. The molecule has 2 atom stereocenters. The van der Waals surface area contributed by atoms with Gasteiger partial charge in [0.25, 0.3) is 0 Å². The summed E-state index contributed by atoms with van der Waals surface area (Å²) in [5.41, 5.74) is 0.809. The quantitative estimate of drug-likeness (QED) is 0.850. The number of amides is 1. The fourth-order valence-electron chi connectivity index (χ4n) is 1.98. The molecule has 0 saturated carbocycles. The Balaban J connectivity index is 2.10. The van der Waals surface area contributed by atoms with Crippen LogP contribution in [0.5, 0.6) is 0 Å². The Morgan fingerprint density at radius 3 is 2.82 bits per heavy atom. The van der Waals surface area contributed by atoms with Crippen LogP contribution < -0.4 is 10.6 Å². The molecule has 1 aromatic carbocycles. The van der Waals surface area contributed by atoms with E-state index in [9.17, 15) is 4.79 Å². The number of benzene rings is 1. The first kappa shape index (κ1) is 13.1. The summed E-state index contributed by atoms with van der Waals surface area (Å²) in [6, 6.07) is 5.74. The molecule has 1 fully saturated rings. The lowest BCUT2D eigenvalue weighted by atomic mass is 9.97. The van der Waals surface area contributed by atoms with E-state index >= 15 is 0 Å². The minimum absolute atomic E-state index is 0.0564. The van der Waals surface area contributed by atoms with Crippen LogP contribution in [0.25, 0.3) is 0 Å². The molecule has 1 amide bonds. The highest BCUT2D eigenvalue weighted by atomic mass is 79.9. The van der Waals surface area contributed by atoms with Crippen molar-refractivity contribution >= 4 is 43.5 Å². The van der Waals surface area contributed by atoms with E-state index in [1.54, 1.807) is 0 Å². The topological polar surface area (TPSA) is 41.1 Å². The first-order valence-electron chi connectivity index (χ1n) is 5.54. The minimum Gasteiger partial charge on any atom is -0.325 e. The summed E-state index contributed by atoms with van der Waals surface area (Å²) in [6.45, 7) is 3.77. The van der Waals surface area contributed by atoms with Crippen LogP contribution in [0, 0.1) is 11.8 Å². The number of carbonyl (C=O) groups excluding carboxylic acids is 1. The summed E-state index contributed by atoms with van der Waals surface area (Å²) in [4.78, 5) is 12.1. The molecule has 0 radical (unpaired) electrons. The molecular weight excluding hydrogens is 348 g/mol. The second-order valence-corrected chi connectivity index (χ2v) is 6.13. The van der Waals surface area contributed by atoms with E-state index in [4.69, 9.17) is 0 Å². The molecule has 1 aliphatic heterocycles. The Morgan fingerprint density at radius 1 is 1.41 bits per heavy atom. The van der Waals surface area contributed by atoms with Crippen molar-refractivity contribution in [3.8, 4) is 0 Å². The summed E-state index contributed by atoms with van der Waals surface area (Å²) in [7, 11) is 0. The van der Waals surface area contributed by atoms with E-state index in [-0.39, 0.29) is 11.8 Å². The summed E-state index contributed by atoms with van der Waals surface area (Å²) >= 11 is 6.83. The molecule has 0 aliphatic carbocycles. The molecule has 3 nitrogen and oxygen atoms in total. The van der Waals surface area contributed by atoms with Crippen molar-refractivity contribution in [2.45, 2.75) is 6.92 Å². The highest BCUT2D eigenvalue weighted by Crippen LogP contribution is 2.27. The van der Waals surface area contributed by atoms with Crippen molar-refractivity contribution in [3.63, 3.8) is 0 Å². The SMILES string of the molecule is C[C@@H]1CNC[C@H]1C(=O)Nc1cc(Br)ccc1Br. The number of hydrogen-bond acceptors (Lipinski definition) is 2. The van der Waals surface area contributed by atoms with Crippen LogP contribution in [0.1, 0.15) is 6.92 Å². The molecule has 1 aliphatic rings. The number of anilines is 1. The van der Waals surface area contributed by atoms with Crippen molar-refractivity contribution in [2.24, 2.45) is 11.8 Å². The smallest absolute Gasteiger partial charge is 0.229 e. The average molecular weight is 362 g/mol. The van der Waals surface area contributed by atoms with Gasteiger partial charge >= 0.3 is 0 Å². The number of hydrogen-bond donors (Lipinski definition) is 2. The van der Waals surface area contributed by atoms with Gasteiger partial charge in [-0.15, -0.1) is 0 Å². The predicted molar refractivity (Wildman–Crippen MR) is 76.0 cm³/mol. The van der Waals surface area contributed by atoms with Gasteiger partial charge in [0.2, 0.25) is 5.91 Å². The van der Waals surface area contributed by atoms with Crippen molar-refractivity contribution in [3.05, 3.63) is 27.1 Å². The van der Waals surface area contributed by atoms with Crippen LogP contribution in [0.3, 0.4) is 0 Å². The van der Waals surface area contributed by atoms with Crippen molar-refractivity contribution < 1.29 is 4.79 Å². The third kappa shape index (κ3) is 3.09. The van der Waals surface area contributed by atoms with E-state index in [1.165, 1.54) is 0 Å². The van der Waals surface area contributed by atoms with Crippen molar-refractivity contribution in [1.82, 2.24) is 5.32 Å². The van der Waals surface area contributed by atoms with Crippen LogP contribution in [-0.2, 0) is 4.79 Å². The highest BCUT2D eigenvalue weighted by Gasteiger charge is 2.29. The molecule has 0 bridgehead atoms. The average Bonchev–Trinajstić information content (AvgIpc) is 2.70. The van der Waals surface area contributed by atoms with E-state index < -0.39 is 0 Å². The van der Waals surface area contributed by atoms with Crippen LogP contribution >= 0.6 is 31.9 Å². The number of halogens is 2. The molecule has 1 heterocycles. The van der Waals surface area contributed by atoms with E-state index in [0.29, 0.717) is 5.92 Å². The van der Waals surface area contributed by atoms with Gasteiger partial charge in [0, 0.05) is 15.5 Å². The second-order valence-electron chi connectivity index (χ2n) is 4.36. The highest BCUT2D eigenvalue weighted by molar-refractivity contribution is 9.11.